The summed E-state index contributed by atoms with van der Waals surface area (Å²) in [5.41, 5.74) is 8.85. The summed E-state index contributed by atoms with van der Waals surface area (Å²) in [6, 6.07) is 5.49. The first kappa shape index (κ1) is 12.6. The second kappa shape index (κ2) is 5.19. The molecule has 2 rings (SSSR count). The molecule has 0 unspecified atom stereocenters. The van der Waals surface area contributed by atoms with Crippen molar-refractivity contribution in [1.82, 2.24) is 0 Å². The molecule has 0 saturated carbocycles. The third-order valence-corrected chi connectivity index (χ3v) is 3.45. The van der Waals surface area contributed by atoms with Crippen LogP contribution in [0.2, 0.25) is 0 Å². The lowest BCUT2D eigenvalue weighted by atomic mass is 9.87. The molecule has 0 amide bonds. The number of nitrogens with zero attached hydrogens (tertiary/aromatic N) is 1. The Morgan fingerprint density at radius 3 is 2.61 bits per heavy atom. The van der Waals surface area contributed by atoms with E-state index in [0.29, 0.717) is 11.3 Å². The Hall–Kier alpha value is -1.86. The third-order valence-electron chi connectivity index (χ3n) is 3.23. The fraction of sp³-hybridized carbons (Fsp3) is 0.286. The molecule has 0 bridgehead atoms. The summed E-state index contributed by atoms with van der Waals surface area (Å²) >= 11 is 4.83. The lowest BCUT2D eigenvalue weighted by Crippen LogP contribution is -2.10. The van der Waals surface area contributed by atoms with E-state index >= 15 is 0 Å². The zero-order chi connectivity index (χ0) is 13.1. The van der Waals surface area contributed by atoms with E-state index in [0.717, 1.165) is 42.4 Å². The molecule has 0 radical (unpaired) electrons. The SMILES string of the molecule is N#C/C(=C/c1ccc(O)c2c1CCCC2)C(N)=S. The molecule has 1 aromatic rings. The zero-order valence-electron chi connectivity index (χ0n) is 9.94. The van der Waals surface area contributed by atoms with Gasteiger partial charge in [0.1, 0.15) is 16.8 Å². The van der Waals surface area contributed by atoms with Gasteiger partial charge in [-0.1, -0.05) is 18.3 Å². The van der Waals surface area contributed by atoms with Gasteiger partial charge in [-0.3, -0.25) is 0 Å². The van der Waals surface area contributed by atoms with Gasteiger partial charge in [-0.15, -0.1) is 0 Å². The van der Waals surface area contributed by atoms with Crippen LogP contribution < -0.4 is 5.73 Å². The number of phenolic OH excluding ortho intramolecular Hbond substituents is 1. The Balaban J connectivity index is 2.53. The van der Waals surface area contributed by atoms with E-state index in [-0.39, 0.29) is 4.99 Å². The number of fused-ring (bicyclic) bond motifs is 1. The highest BCUT2D eigenvalue weighted by Crippen LogP contribution is 2.32. The van der Waals surface area contributed by atoms with Crippen LogP contribution in [0.4, 0.5) is 0 Å². The molecule has 0 fully saturated rings. The maximum atomic E-state index is 9.85. The number of nitrogens with two attached hydrogens (primary N) is 1. The van der Waals surface area contributed by atoms with Crippen molar-refractivity contribution >= 4 is 23.3 Å². The van der Waals surface area contributed by atoms with Gasteiger partial charge < -0.3 is 10.8 Å². The summed E-state index contributed by atoms with van der Waals surface area (Å²) in [6.07, 6.45) is 5.72. The van der Waals surface area contributed by atoms with E-state index < -0.39 is 0 Å². The fourth-order valence-electron chi connectivity index (χ4n) is 2.33. The molecular formula is C14H14N2OS. The summed E-state index contributed by atoms with van der Waals surface area (Å²) in [5, 5.41) is 18.8. The fourth-order valence-corrected chi connectivity index (χ4v) is 2.43. The average Bonchev–Trinajstić information content (AvgIpc) is 2.38. The molecule has 0 aliphatic heterocycles. The summed E-state index contributed by atoms with van der Waals surface area (Å²) in [7, 11) is 0. The highest BCUT2D eigenvalue weighted by molar-refractivity contribution is 7.80. The van der Waals surface area contributed by atoms with Gasteiger partial charge in [-0.2, -0.15) is 5.26 Å². The molecule has 0 spiro atoms. The Labute approximate surface area is 112 Å². The Morgan fingerprint density at radius 2 is 2.00 bits per heavy atom. The van der Waals surface area contributed by atoms with Crippen LogP contribution in [0, 0.1) is 11.3 Å². The van der Waals surface area contributed by atoms with Crippen LogP contribution in [0.3, 0.4) is 0 Å². The van der Waals surface area contributed by atoms with Gasteiger partial charge in [0.2, 0.25) is 0 Å². The number of benzene rings is 1. The van der Waals surface area contributed by atoms with Crippen molar-refractivity contribution in [1.29, 1.82) is 5.26 Å². The second-order valence-electron chi connectivity index (χ2n) is 4.37. The first-order chi connectivity index (χ1) is 8.63. The number of hydrogen-bond acceptors (Lipinski definition) is 3. The Bertz CT molecular complexity index is 570. The minimum Gasteiger partial charge on any atom is -0.508 e. The number of nitriles is 1. The van der Waals surface area contributed by atoms with Gasteiger partial charge in [0.15, 0.2) is 0 Å². The van der Waals surface area contributed by atoms with Gasteiger partial charge in [-0.25, -0.2) is 0 Å². The smallest absolute Gasteiger partial charge is 0.119 e. The van der Waals surface area contributed by atoms with E-state index in [1.165, 1.54) is 0 Å². The third kappa shape index (κ3) is 2.36. The monoisotopic (exact) mass is 258 g/mol. The minimum atomic E-state index is 0.107. The molecule has 0 aromatic heterocycles. The summed E-state index contributed by atoms with van der Waals surface area (Å²) < 4.78 is 0. The van der Waals surface area contributed by atoms with Gasteiger partial charge >= 0.3 is 0 Å². The molecule has 18 heavy (non-hydrogen) atoms. The van der Waals surface area contributed by atoms with Crippen molar-refractivity contribution in [3.05, 3.63) is 34.4 Å². The van der Waals surface area contributed by atoms with Crippen LogP contribution in [-0.2, 0) is 12.8 Å². The molecule has 1 aliphatic rings. The highest BCUT2D eigenvalue weighted by atomic mass is 32.1. The van der Waals surface area contributed by atoms with Crippen LogP contribution in [0.15, 0.2) is 17.7 Å². The van der Waals surface area contributed by atoms with Crippen LogP contribution in [0.25, 0.3) is 6.08 Å². The molecule has 3 nitrogen and oxygen atoms in total. The maximum absolute atomic E-state index is 9.85. The van der Waals surface area contributed by atoms with Crippen molar-refractivity contribution in [3.63, 3.8) is 0 Å². The van der Waals surface area contributed by atoms with E-state index in [2.05, 4.69) is 0 Å². The van der Waals surface area contributed by atoms with E-state index in [4.69, 9.17) is 23.2 Å². The molecule has 4 heteroatoms. The molecule has 1 aromatic carbocycles. The maximum Gasteiger partial charge on any atom is 0.119 e. The van der Waals surface area contributed by atoms with Gasteiger partial charge in [0.25, 0.3) is 0 Å². The van der Waals surface area contributed by atoms with Crippen LogP contribution in [0.5, 0.6) is 5.75 Å². The predicted molar refractivity (Wildman–Crippen MR) is 75.1 cm³/mol. The summed E-state index contributed by atoms with van der Waals surface area (Å²) in [6.45, 7) is 0. The van der Waals surface area contributed by atoms with Crippen LogP contribution in [0.1, 0.15) is 29.5 Å². The molecule has 0 saturated heterocycles. The zero-order valence-corrected chi connectivity index (χ0v) is 10.8. The van der Waals surface area contributed by atoms with Crippen molar-refractivity contribution < 1.29 is 5.11 Å². The highest BCUT2D eigenvalue weighted by Gasteiger charge is 2.16. The van der Waals surface area contributed by atoms with Crippen molar-refractivity contribution in [3.8, 4) is 11.8 Å². The molecule has 92 valence electrons. The van der Waals surface area contributed by atoms with Crippen molar-refractivity contribution in [2.75, 3.05) is 0 Å². The molecular weight excluding hydrogens is 244 g/mol. The van der Waals surface area contributed by atoms with Gasteiger partial charge in [-0.05, 0) is 54.5 Å². The van der Waals surface area contributed by atoms with Crippen LogP contribution in [-0.4, -0.2) is 10.1 Å². The quantitative estimate of drug-likeness (QED) is 0.485. The second-order valence-corrected chi connectivity index (χ2v) is 4.81. The first-order valence-corrected chi connectivity index (χ1v) is 6.29. The number of thiocarbonyl (C=S) groups is 1. The minimum absolute atomic E-state index is 0.107. The first-order valence-electron chi connectivity index (χ1n) is 5.89. The largest absolute Gasteiger partial charge is 0.508 e. The standard InChI is InChI=1S/C14H14N2OS/c15-8-10(14(16)18)7-9-5-6-13(17)12-4-2-1-3-11(9)12/h5-7,17H,1-4H2,(H2,16,18)/b10-7-. The molecule has 0 heterocycles. The number of phenols is 1. The number of rotatable bonds is 2. The van der Waals surface area contributed by atoms with Crippen molar-refractivity contribution in [2.45, 2.75) is 25.7 Å². The van der Waals surface area contributed by atoms with E-state index in [1.807, 2.05) is 12.1 Å². The van der Waals surface area contributed by atoms with Gasteiger partial charge in [0, 0.05) is 0 Å². The van der Waals surface area contributed by atoms with Gasteiger partial charge in [0.05, 0.1) is 5.57 Å². The topological polar surface area (TPSA) is 70.0 Å². The molecule has 0 atom stereocenters. The van der Waals surface area contributed by atoms with E-state index in [9.17, 15) is 5.11 Å². The Kier molecular flexibility index (Phi) is 3.63. The predicted octanol–water partition coefficient (Wildman–Crippen LogP) is 2.46. The normalized spacial score (nSPS) is 14.7. The Morgan fingerprint density at radius 1 is 1.33 bits per heavy atom. The molecule has 1 aliphatic carbocycles. The van der Waals surface area contributed by atoms with E-state index in [1.54, 1.807) is 12.1 Å². The van der Waals surface area contributed by atoms with Crippen molar-refractivity contribution in [2.24, 2.45) is 5.73 Å². The number of aromatic hydroxyl groups is 1. The molecule has 3 N–H and O–H groups in total. The van der Waals surface area contributed by atoms with Crippen LogP contribution >= 0.6 is 12.2 Å². The lowest BCUT2D eigenvalue weighted by molar-refractivity contribution is 0.462. The number of hydrogen-bond donors (Lipinski definition) is 2. The lowest BCUT2D eigenvalue weighted by Gasteiger charge is -2.19. The average molecular weight is 258 g/mol. The summed E-state index contributed by atoms with van der Waals surface area (Å²) in [5.74, 6) is 0.343. The summed E-state index contributed by atoms with van der Waals surface area (Å²) in [4.78, 5) is 0.107.